The summed E-state index contributed by atoms with van der Waals surface area (Å²) in [6, 6.07) is 23.0. The highest BCUT2D eigenvalue weighted by atomic mass is 79.9. The number of carbonyl (C=O) groups is 2. The van der Waals surface area contributed by atoms with Crippen LogP contribution < -0.4 is 10.2 Å². The lowest BCUT2D eigenvalue weighted by Crippen LogP contribution is -2.32. The van der Waals surface area contributed by atoms with Gasteiger partial charge in [-0.15, -0.1) is 0 Å². The standard InChI is InChI=1S/C26H23BrN2O2S/c1-16(2)18-6-12-21(13-7-18)29-25(30)23(28-20-10-8-19(27)9-11-20)24(26(29)31)32-22-14-4-17(3)5-15-22/h4-16,28H,1-3H3. The molecule has 1 N–H and O–H groups in total. The van der Waals surface area contributed by atoms with Crippen molar-refractivity contribution in [2.45, 2.75) is 31.6 Å². The quantitative estimate of drug-likeness (QED) is 0.370. The summed E-state index contributed by atoms with van der Waals surface area (Å²) in [6.45, 7) is 6.24. The molecule has 3 aromatic carbocycles. The number of nitrogens with zero attached hydrogens (tertiary/aromatic N) is 1. The Kier molecular flexibility index (Phi) is 6.53. The van der Waals surface area contributed by atoms with E-state index < -0.39 is 0 Å². The molecule has 0 unspecified atom stereocenters. The van der Waals surface area contributed by atoms with E-state index in [1.807, 2.05) is 79.7 Å². The van der Waals surface area contributed by atoms with Crippen LogP contribution in [0.1, 0.15) is 30.9 Å². The molecule has 2 amide bonds. The van der Waals surface area contributed by atoms with Crippen LogP contribution in [-0.4, -0.2) is 11.8 Å². The molecule has 3 aromatic rings. The number of hydrogen-bond donors (Lipinski definition) is 1. The van der Waals surface area contributed by atoms with Gasteiger partial charge in [0.2, 0.25) is 0 Å². The van der Waals surface area contributed by atoms with Gasteiger partial charge in [-0.1, -0.05) is 71.4 Å². The number of rotatable bonds is 6. The van der Waals surface area contributed by atoms with Crippen molar-refractivity contribution >= 4 is 50.9 Å². The summed E-state index contributed by atoms with van der Waals surface area (Å²) in [4.78, 5) is 29.4. The van der Waals surface area contributed by atoms with Crippen molar-refractivity contribution < 1.29 is 9.59 Å². The molecule has 0 saturated carbocycles. The molecule has 1 aliphatic heterocycles. The fourth-order valence-electron chi connectivity index (χ4n) is 3.36. The van der Waals surface area contributed by atoms with Gasteiger partial charge in [0.05, 0.1) is 5.69 Å². The molecular weight excluding hydrogens is 484 g/mol. The summed E-state index contributed by atoms with van der Waals surface area (Å²) in [5.74, 6) is -0.309. The van der Waals surface area contributed by atoms with Crippen molar-refractivity contribution in [3.8, 4) is 0 Å². The highest BCUT2D eigenvalue weighted by molar-refractivity contribution is 9.10. The molecule has 0 fully saturated rings. The Bertz CT molecular complexity index is 1110. The molecule has 0 spiro atoms. The van der Waals surface area contributed by atoms with Gasteiger partial charge in [-0.2, -0.15) is 0 Å². The maximum Gasteiger partial charge on any atom is 0.283 e. The first-order chi connectivity index (χ1) is 15.3. The van der Waals surface area contributed by atoms with E-state index in [0.29, 0.717) is 16.5 Å². The molecule has 0 bridgehead atoms. The average Bonchev–Trinajstić information content (AvgIpc) is 3.00. The normalized spacial score (nSPS) is 14.0. The number of aryl methyl sites for hydroxylation is 1. The van der Waals surface area contributed by atoms with Crippen LogP contribution in [0.4, 0.5) is 11.4 Å². The molecule has 1 heterocycles. The Morgan fingerprint density at radius 3 is 2.06 bits per heavy atom. The molecule has 0 radical (unpaired) electrons. The number of carbonyl (C=O) groups excluding carboxylic acids is 2. The van der Waals surface area contributed by atoms with Crippen LogP contribution in [0.3, 0.4) is 0 Å². The van der Waals surface area contributed by atoms with Gasteiger partial charge < -0.3 is 5.32 Å². The van der Waals surface area contributed by atoms with E-state index in [2.05, 4.69) is 35.1 Å². The van der Waals surface area contributed by atoms with E-state index in [1.54, 1.807) is 0 Å². The second-order valence-corrected chi connectivity index (χ2v) is 9.94. The number of anilines is 2. The van der Waals surface area contributed by atoms with Crippen molar-refractivity contribution in [1.29, 1.82) is 0 Å². The molecule has 32 heavy (non-hydrogen) atoms. The minimum Gasteiger partial charge on any atom is -0.350 e. The Morgan fingerprint density at radius 2 is 1.47 bits per heavy atom. The number of imide groups is 1. The van der Waals surface area contributed by atoms with Gasteiger partial charge in [0, 0.05) is 15.1 Å². The van der Waals surface area contributed by atoms with Gasteiger partial charge in [0.25, 0.3) is 11.8 Å². The van der Waals surface area contributed by atoms with Gasteiger partial charge in [-0.25, -0.2) is 4.90 Å². The van der Waals surface area contributed by atoms with Crippen LogP contribution in [0.5, 0.6) is 0 Å². The Hall–Kier alpha value is -2.83. The van der Waals surface area contributed by atoms with Gasteiger partial charge in [0.1, 0.15) is 10.6 Å². The Morgan fingerprint density at radius 1 is 0.844 bits per heavy atom. The van der Waals surface area contributed by atoms with Gasteiger partial charge in [0.15, 0.2) is 0 Å². The fraction of sp³-hybridized carbons (Fsp3) is 0.154. The molecule has 0 saturated heterocycles. The van der Waals surface area contributed by atoms with E-state index >= 15 is 0 Å². The summed E-state index contributed by atoms with van der Waals surface area (Å²) in [7, 11) is 0. The molecule has 0 atom stereocenters. The lowest BCUT2D eigenvalue weighted by molar-refractivity contribution is -0.120. The van der Waals surface area contributed by atoms with Crippen LogP contribution in [-0.2, 0) is 9.59 Å². The topological polar surface area (TPSA) is 49.4 Å². The molecule has 6 heteroatoms. The highest BCUT2D eigenvalue weighted by Crippen LogP contribution is 2.38. The van der Waals surface area contributed by atoms with Crippen molar-refractivity contribution in [3.05, 3.63) is 99.0 Å². The number of thioether (sulfide) groups is 1. The molecule has 0 aromatic heterocycles. The molecule has 0 aliphatic carbocycles. The predicted molar refractivity (Wildman–Crippen MR) is 135 cm³/mol. The van der Waals surface area contributed by atoms with Crippen molar-refractivity contribution in [2.24, 2.45) is 0 Å². The van der Waals surface area contributed by atoms with E-state index in [1.165, 1.54) is 16.7 Å². The maximum atomic E-state index is 13.4. The Balaban J connectivity index is 1.71. The Labute approximate surface area is 200 Å². The van der Waals surface area contributed by atoms with Crippen LogP contribution in [0.15, 0.2) is 92.8 Å². The van der Waals surface area contributed by atoms with E-state index in [0.717, 1.165) is 26.2 Å². The summed E-state index contributed by atoms with van der Waals surface area (Å²) in [5, 5.41) is 3.19. The minimum atomic E-state index is -0.357. The highest BCUT2D eigenvalue weighted by Gasteiger charge is 2.40. The predicted octanol–water partition coefficient (Wildman–Crippen LogP) is 6.87. The van der Waals surface area contributed by atoms with Gasteiger partial charge >= 0.3 is 0 Å². The molecule has 162 valence electrons. The first-order valence-electron chi connectivity index (χ1n) is 10.3. The number of amides is 2. The third-order valence-electron chi connectivity index (χ3n) is 5.21. The van der Waals surface area contributed by atoms with Crippen molar-refractivity contribution in [1.82, 2.24) is 0 Å². The lowest BCUT2D eigenvalue weighted by atomic mass is 10.0. The van der Waals surface area contributed by atoms with E-state index in [-0.39, 0.29) is 17.5 Å². The number of benzene rings is 3. The number of halogens is 1. The smallest absolute Gasteiger partial charge is 0.283 e. The molecule has 4 nitrogen and oxygen atoms in total. The third kappa shape index (κ3) is 4.66. The largest absolute Gasteiger partial charge is 0.350 e. The molecule has 1 aliphatic rings. The zero-order chi connectivity index (χ0) is 22.8. The minimum absolute atomic E-state index is 0.288. The number of hydrogen-bond acceptors (Lipinski definition) is 4. The van der Waals surface area contributed by atoms with E-state index in [4.69, 9.17) is 0 Å². The summed E-state index contributed by atoms with van der Waals surface area (Å²) in [5.41, 5.74) is 3.89. The molecular formula is C26H23BrN2O2S. The molecule has 4 rings (SSSR count). The third-order valence-corrected chi connectivity index (χ3v) is 6.83. The fourth-order valence-corrected chi connectivity index (χ4v) is 4.55. The zero-order valence-corrected chi connectivity index (χ0v) is 20.5. The van der Waals surface area contributed by atoms with Crippen molar-refractivity contribution in [3.63, 3.8) is 0 Å². The lowest BCUT2D eigenvalue weighted by Gasteiger charge is -2.16. The SMILES string of the molecule is Cc1ccc(SC2=C(Nc3ccc(Br)cc3)C(=O)N(c3ccc(C(C)C)cc3)C2=O)cc1. The number of nitrogens with one attached hydrogen (secondary N) is 1. The second-order valence-electron chi connectivity index (χ2n) is 7.94. The summed E-state index contributed by atoms with van der Waals surface area (Å²) >= 11 is 4.73. The van der Waals surface area contributed by atoms with Crippen LogP contribution >= 0.6 is 27.7 Å². The first kappa shape index (κ1) is 22.4. The summed E-state index contributed by atoms with van der Waals surface area (Å²) < 4.78 is 0.937. The van der Waals surface area contributed by atoms with Gasteiger partial charge in [-0.05, 0) is 66.9 Å². The monoisotopic (exact) mass is 506 g/mol. The zero-order valence-electron chi connectivity index (χ0n) is 18.1. The first-order valence-corrected chi connectivity index (χ1v) is 11.9. The maximum absolute atomic E-state index is 13.4. The van der Waals surface area contributed by atoms with Crippen LogP contribution in [0.25, 0.3) is 0 Å². The van der Waals surface area contributed by atoms with E-state index in [9.17, 15) is 9.59 Å². The van der Waals surface area contributed by atoms with Crippen LogP contribution in [0.2, 0.25) is 0 Å². The average molecular weight is 507 g/mol. The van der Waals surface area contributed by atoms with Crippen LogP contribution in [0, 0.1) is 6.92 Å². The second kappa shape index (κ2) is 9.35. The van der Waals surface area contributed by atoms with Gasteiger partial charge in [-0.3, -0.25) is 9.59 Å². The van der Waals surface area contributed by atoms with Crippen molar-refractivity contribution in [2.75, 3.05) is 10.2 Å². The summed E-state index contributed by atoms with van der Waals surface area (Å²) in [6.07, 6.45) is 0.